The molecule has 0 aromatic heterocycles. The molecule has 1 aliphatic carbocycles. The second-order valence-corrected chi connectivity index (χ2v) is 4.72. The largest absolute Gasteiger partial charge is 0.305 e. The molecule has 1 N–H and O–H groups in total. The zero-order valence-electron chi connectivity index (χ0n) is 8.94. The molecule has 14 heavy (non-hydrogen) atoms. The second kappa shape index (κ2) is 3.85. The fraction of sp³-hybridized carbons (Fsp3) is 0.750. The minimum Gasteiger partial charge on any atom is -0.305 e. The Morgan fingerprint density at radius 3 is 3.00 bits per heavy atom. The summed E-state index contributed by atoms with van der Waals surface area (Å²) in [6, 6.07) is 0. The molecule has 0 aromatic carbocycles. The molecule has 2 rings (SSSR count). The average molecular weight is 193 g/mol. The zero-order valence-corrected chi connectivity index (χ0v) is 8.94. The molecule has 0 saturated carbocycles. The van der Waals surface area contributed by atoms with Gasteiger partial charge in [0.1, 0.15) is 0 Å². The van der Waals surface area contributed by atoms with Gasteiger partial charge in [0.25, 0.3) is 0 Å². The van der Waals surface area contributed by atoms with Gasteiger partial charge in [-0.1, -0.05) is 11.6 Å². The first kappa shape index (κ1) is 9.91. The van der Waals surface area contributed by atoms with Crippen molar-refractivity contribution < 1.29 is 4.79 Å². The van der Waals surface area contributed by atoms with Crippen LogP contribution in [-0.2, 0) is 4.79 Å². The third-order valence-corrected chi connectivity index (χ3v) is 3.51. The van der Waals surface area contributed by atoms with Gasteiger partial charge in [0.15, 0.2) is 5.78 Å². The lowest BCUT2D eigenvalue weighted by atomic mass is 9.90. The molecule has 1 fully saturated rings. The monoisotopic (exact) mass is 193 g/mol. The van der Waals surface area contributed by atoms with E-state index in [0.29, 0.717) is 12.2 Å². The van der Waals surface area contributed by atoms with Crippen LogP contribution in [0, 0.1) is 0 Å². The van der Waals surface area contributed by atoms with Crippen molar-refractivity contribution in [2.45, 2.75) is 51.0 Å². The van der Waals surface area contributed by atoms with Gasteiger partial charge in [-0.05, 0) is 45.6 Å². The molecular formula is C12H19NO. The van der Waals surface area contributed by atoms with Crippen LogP contribution >= 0.6 is 0 Å². The number of carbonyl (C=O) groups excluding carboxylic acids is 1. The molecule has 2 heteroatoms. The Labute approximate surface area is 85.8 Å². The maximum absolute atomic E-state index is 12.0. The summed E-state index contributed by atoms with van der Waals surface area (Å²) in [6.07, 6.45) is 8.64. The smallest absolute Gasteiger partial charge is 0.156 e. The molecule has 0 bridgehead atoms. The van der Waals surface area contributed by atoms with Crippen molar-refractivity contribution in [1.82, 2.24) is 5.32 Å². The average Bonchev–Trinajstić information content (AvgIpc) is 2.76. The standard InChI is InChI=1S/C12H19NO/c1-12(7-4-8-13-12)11(14)9-10-5-2-3-6-10/h5,13H,2-4,6-9H2,1H3. The molecule has 1 unspecified atom stereocenters. The minimum atomic E-state index is -0.219. The van der Waals surface area contributed by atoms with Gasteiger partial charge in [0.05, 0.1) is 5.54 Å². The molecule has 1 atom stereocenters. The molecule has 0 amide bonds. The van der Waals surface area contributed by atoms with Crippen molar-refractivity contribution >= 4 is 5.78 Å². The number of Topliss-reactive ketones (excluding diaryl/α,β-unsaturated/α-hetero) is 1. The van der Waals surface area contributed by atoms with Crippen molar-refractivity contribution in [3.8, 4) is 0 Å². The van der Waals surface area contributed by atoms with Crippen LogP contribution in [0.3, 0.4) is 0 Å². The molecule has 1 heterocycles. The van der Waals surface area contributed by atoms with E-state index in [0.717, 1.165) is 25.8 Å². The highest BCUT2D eigenvalue weighted by molar-refractivity contribution is 5.90. The maximum atomic E-state index is 12.0. The third-order valence-electron chi connectivity index (χ3n) is 3.51. The van der Waals surface area contributed by atoms with Gasteiger partial charge >= 0.3 is 0 Å². The number of ketones is 1. The van der Waals surface area contributed by atoms with E-state index in [1.807, 2.05) is 0 Å². The van der Waals surface area contributed by atoms with E-state index in [1.54, 1.807) is 0 Å². The highest BCUT2D eigenvalue weighted by atomic mass is 16.1. The lowest BCUT2D eigenvalue weighted by molar-refractivity contribution is -0.123. The van der Waals surface area contributed by atoms with Gasteiger partial charge in [-0.2, -0.15) is 0 Å². The molecule has 0 aromatic rings. The number of hydrogen-bond acceptors (Lipinski definition) is 2. The van der Waals surface area contributed by atoms with Gasteiger partial charge in [-0.15, -0.1) is 0 Å². The predicted molar refractivity (Wildman–Crippen MR) is 57.2 cm³/mol. The van der Waals surface area contributed by atoms with Crippen LogP contribution < -0.4 is 5.32 Å². The Morgan fingerprint density at radius 2 is 2.43 bits per heavy atom. The SMILES string of the molecule is CC1(C(=O)CC2=CCCC2)CCCN1. The number of nitrogens with one attached hydrogen (secondary N) is 1. The van der Waals surface area contributed by atoms with E-state index in [4.69, 9.17) is 0 Å². The fourth-order valence-corrected chi connectivity index (χ4v) is 2.43. The molecule has 78 valence electrons. The van der Waals surface area contributed by atoms with Crippen molar-refractivity contribution in [3.05, 3.63) is 11.6 Å². The van der Waals surface area contributed by atoms with Crippen LogP contribution in [0.25, 0.3) is 0 Å². The Bertz CT molecular complexity index is 261. The van der Waals surface area contributed by atoms with Crippen molar-refractivity contribution in [2.24, 2.45) is 0 Å². The summed E-state index contributed by atoms with van der Waals surface area (Å²) in [7, 11) is 0. The van der Waals surface area contributed by atoms with Crippen molar-refractivity contribution in [1.29, 1.82) is 0 Å². The summed E-state index contributed by atoms with van der Waals surface area (Å²) in [4.78, 5) is 12.0. The first-order valence-electron chi connectivity index (χ1n) is 5.67. The van der Waals surface area contributed by atoms with E-state index in [2.05, 4.69) is 18.3 Å². The van der Waals surface area contributed by atoms with Gasteiger partial charge in [0.2, 0.25) is 0 Å². The fourth-order valence-electron chi connectivity index (χ4n) is 2.43. The molecule has 1 saturated heterocycles. The van der Waals surface area contributed by atoms with E-state index in [9.17, 15) is 4.79 Å². The lowest BCUT2D eigenvalue weighted by Gasteiger charge is -2.22. The van der Waals surface area contributed by atoms with E-state index in [-0.39, 0.29) is 5.54 Å². The van der Waals surface area contributed by atoms with Gasteiger partial charge in [-0.3, -0.25) is 4.79 Å². The van der Waals surface area contributed by atoms with E-state index in [1.165, 1.54) is 18.4 Å². The Morgan fingerprint density at radius 1 is 1.57 bits per heavy atom. The highest BCUT2D eigenvalue weighted by Gasteiger charge is 2.35. The Hall–Kier alpha value is -0.630. The summed E-state index contributed by atoms with van der Waals surface area (Å²) >= 11 is 0. The molecule has 0 spiro atoms. The van der Waals surface area contributed by atoms with Crippen LogP contribution in [0.2, 0.25) is 0 Å². The van der Waals surface area contributed by atoms with Crippen LogP contribution in [0.15, 0.2) is 11.6 Å². The van der Waals surface area contributed by atoms with Gasteiger partial charge in [0, 0.05) is 6.42 Å². The number of carbonyl (C=O) groups is 1. The number of rotatable bonds is 3. The summed E-state index contributed by atoms with van der Waals surface area (Å²) in [5.74, 6) is 0.392. The Balaban J connectivity index is 1.94. The topological polar surface area (TPSA) is 29.1 Å². The van der Waals surface area contributed by atoms with Crippen LogP contribution in [-0.4, -0.2) is 17.9 Å². The molecule has 2 aliphatic rings. The van der Waals surface area contributed by atoms with Gasteiger partial charge in [-0.25, -0.2) is 0 Å². The zero-order chi connectivity index (χ0) is 10.0. The first-order valence-corrected chi connectivity index (χ1v) is 5.67. The summed E-state index contributed by atoms with van der Waals surface area (Å²) in [6.45, 7) is 3.05. The van der Waals surface area contributed by atoms with Crippen LogP contribution in [0.1, 0.15) is 45.4 Å². The Kier molecular flexibility index (Phi) is 2.73. The first-order chi connectivity index (χ1) is 6.71. The van der Waals surface area contributed by atoms with Crippen molar-refractivity contribution in [2.75, 3.05) is 6.54 Å². The minimum absolute atomic E-state index is 0.219. The molecule has 0 radical (unpaired) electrons. The normalized spacial score (nSPS) is 31.9. The lowest BCUT2D eigenvalue weighted by Crippen LogP contribution is -2.44. The number of allylic oxidation sites excluding steroid dienone is 2. The quantitative estimate of drug-likeness (QED) is 0.696. The van der Waals surface area contributed by atoms with Gasteiger partial charge < -0.3 is 5.32 Å². The van der Waals surface area contributed by atoms with Crippen molar-refractivity contribution in [3.63, 3.8) is 0 Å². The molecular weight excluding hydrogens is 174 g/mol. The van der Waals surface area contributed by atoms with E-state index >= 15 is 0 Å². The second-order valence-electron chi connectivity index (χ2n) is 4.72. The maximum Gasteiger partial charge on any atom is 0.156 e. The van der Waals surface area contributed by atoms with E-state index < -0.39 is 0 Å². The summed E-state index contributed by atoms with van der Waals surface area (Å²) < 4.78 is 0. The third kappa shape index (κ3) is 1.90. The number of hydrogen-bond donors (Lipinski definition) is 1. The molecule has 2 nitrogen and oxygen atoms in total. The summed E-state index contributed by atoms with van der Waals surface area (Å²) in [5, 5.41) is 3.33. The molecule has 1 aliphatic heterocycles. The summed E-state index contributed by atoms with van der Waals surface area (Å²) in [5.41, 5.74) is 1.15. The highest BCUT2D eigenvalue weighted by Crippen LogP contribution is 2.26. The van der Waals surface area contributed by atoms with Crippen LogP contribution in [0.5, 0.6) is 0 Å². The predicted octanol–water partition coefficient (Wildman–Crippen LogP) is 2.20. The van der Waals surface area contributed by atoms with Crippen LogP contribution in [0.4, 0.5) is 0 Å².